The summed E-state index contributed by atoms with van der Waals surface area (Å²) in [5.41, 5.74) is 1.48. The molecule has 3 aliphatic carbocycles. The molecular formula is C24H20O7. The van der Waals surface area contributed by atoms with Gasteiger partial charge in [0.05, 0.1) is 17.8 Å². The number of carbonyl (C=O) groups is 3. The van der Waals surface area contributed by atoms with Crippen molar-refractivity contribution in [2.75, 3.05) is 0 Å². The number of aliphatic hydroxyl groups is 1. The lowest BCUT2D eigenvalue weighted by atomic mass is 9.59. The lowest BCUT2D eigenvalue weighted by Gasteiger charge is -2.47. The van der Waals surface area contributed by atoms with Crippen molar-refractivity contribution in [1.82, 2.24) is 0 Å². The molecule has 3 heterocycles. The first-order chi connectivity index (χ1) is 14.9. The fourth-order valence-corrected chi connectivity index (χ4v) is 5.61. The molecule has 0 aromatic carbocycles. The van der Waals surface area contributed by atoms with Crippen molar-refractivity contribution in [2.45, 2.75) is 26.1 Å². The molecule has 6 atom stereocenters. The van der Waals surface area contributed by atoms with Gasteiger partial charge in [0, 0.05) is 28.6 Å². The minimum atomic E-state index is -1.20. The van der Waals surface area contributed by atoms with E-state index in [2.05, 4.69) is 19.1 Å². The van der Waals surface area contributed by atoms with Gasteiger partial charge >= 0.3 is 17.9 Å². The maximum atomic E-state index is 12.3. The number of allylic oxidation sites excluding steroid dienone is 8. The Kier molecular flexibility index (Phi) is 3.69. The summed E-state index contributed by atoms with van der Waals surface area (Å²) >= 11 is 0. The number of cyclic esters (lactones) is 3. The summed E-state index contributed by atoms with van der Waals surface area (Å²) in [5.74, 6) is -2.28. The molecule has 31 heavy (non-hydrogen) atoms. The van der Waals surface area contributed by atoms with Gasteiger partial charge in [0.15, 0.2) is 0 Å². The monoisotopic (exact) mass is 420 g/mol. The Hall–Kier alpha value is -3.19. The van der Waals surface area contributed by atoms with Crippen LogP contribution in [0.15, 0.2) is 70.8 Å². The van der Waals surface area contributed by atoms with Crippen molar-refractivity contribution in [1.29, 1.82) is 0 Å². The van der Waals surface area contributed by atoms with Crippen LogP contribution < -0.4 is 0 Å². The highest BCUT2D eigenvalue weighted by Gasteiger charge is 2.54. The standard InChI is InChI=1S/C24H20O7/c1-24(11-5-3-2-4-6-11)16-7-12-14(22(27)30-20(12)25)9-18(16)29-19-10-15-13(8-17(19)24)21(26)31-23(15)28/h2-5,7-9,11-12,14-15,23,28H,6,10H2,1H3/t11?,12?,14?,15?,23-,24?/m1/s1. The van der Waals surface area contributed by atoms with Gasteiger partial charge in [0.1, 0.15) is 11.5 Å². The molecule has 0 spiro atoms. The largest absolute Gasteiger partial charge is 0.461 e. The Balaban J connectivity index is 1.55. The van der Waals surface area contributed by atoms with E-state index >= 15 is 0 Å². The van der Waals surface area contributed by atoms with Crippen molar-refractivity contribution >= 4 is 17.9 Å². The van der Waals surface area contributed by atoms with E-state index < -0.39 is 47.4 Å². The predicted octanol–water partition coefficient (Wildman–Crippen LogP) is 2.37. The van der Waals surface area contributed by atoms with Gasteiger partial charge in [-0.15, -0.1) is 0 Å². The first-order valence-corrected chi connectivity index (χ1v) is 10.4. The topological polar surface area (TPSA) is 99.1 Å². The number of carbonyl (C=O) groups excluding carboxylic acids is 3. The highest BCUT2D eigenvalue weighted by atomic mass is 16.6. The van der Waals surface area contributed by atoms with Crippen molar-refractivity contribution in [3.05, 3.63) is 70.8 Å². The molecule has 158 valence electrons. The molecule has 2 fully saturated rings. The van der Waals surface area contributed by atoms with Gasteiger partial charge in [0.25, 0.3) is 0 Å². The second-order valence-corrected chi connectivity index (χ2v) is 8.91. The second kappa shape index (κ2) is 6.17. The quantitative estimate of drug-likeness (QED) is 0.514. The van der Waals surface area contributed by atoms with Gasteiger partial charge in [-0.25, -0.2) is 4.79 Å². The number of hydrogen-bond donors (Lipinski definition) is 1. The minimum Gasteiger partial charge on any atom is -0.461 e. The zero-order chi connectivity index (χ0) is 21.5. The molecule has 3 aliphatic heterocycles. The van der Waals surface area contributed by atoms with Crippen LogP contribution in [0.2, 0.25) is 0 Å². The zero-order valence-corrected chi connectivity index (χ0v) is 16.7. The van der Waals surface area contributed by atoms with Gasteiger partial charge in [-0.2, -0.15) is 0 Å². The van der Waals surface area contributed by atoms with Gasteiger partial charge in [0.2, 0.25) is 6.29 Å². The summed E-state index contributed by atoms with van der Waals surface area (Å²) in [5, 5.41) is 10.2. The molecule has 7 heteroatoms. The molecule has 5 unspecified atom stereocenters. The summed E-state index contributed by atoms with van der Waals surface area (Å²) in [6, 6.07) is 0. The normalized spacial score (nSPS) is 40.0. The summed E-state index contributed by atoms with van der Waals surface area (Å²) in [4.78, 5) is 36.8. The number of hydrogen-bond acceptors (Lipinski definition) is 7. The lowest BCUT2D eigenvalue weighted by molar-refractivity contribution is -0.155. The molecule has 0 amide bonds. The number of ether oxygens (including phenoxy) is 3. The molecule has 0 radical (unpaired) electrons. The maximum absolute atomic E-state index is 12.3. The SMILES string of the molecule is CC1(C2C=CC=CC2)C2=CC3C(=O)OC(=O)C3C=C2OC2=C1C=C1C(=O)O[C@@H](O)C1C2. The molecule has 0 bridgehead atoms. The number of rotatable bonds is 1. The van der Waals surface area contributed by atoms with E-state index in [9.17, 15) is 19.5 Å². The number of esters is 3. The van der Waals surface area contributed by atoms with Crippen molar-refractivity contribution < 1.29 is 33.7 Å². The Morgan fingerprint density at radius 2 is 1.84 bits per heavy atom. The minimum absolute atomic E-state index is 0.0430. The third-order valence-electron chi connectivity index (χ3n) is 7.36. The molecule has 0 saturated carbocycles. The molecule has 2 saturated heterocycles. The fourth-order valence-electron chi connectivity index (χ4n) is 5.61. The summed E-state index contributed by atoms with van der Waals surface area (Å²) in [7, 11) is 0. The molecule has 1 N–H and O–H groups in total. The van der Waals surface area contributed by atoms with E-state index in [1.165, 1.54) is 0 Å². The van der Waals surface area contributed by atoms with Gasteiger partial charge in [-0.1, -0.05) is 37.3 Å². The van der Waals surface area contributed by atoms with E-state index in [1.807, 2.05) is 12.2 Å². The van der Waals surface area contributed by atoms with Gasteiger partial charge < -0.3 is 19.3 Å². The van der Waals surface area contributed by atoms with Crippen molar-refractivity contribution in [3.8, 4) is 0 Å². The van der Waals surface area contributed by atoms with Crippen LogP contribution in [-0.2, 0) is 28.6 Å². The van der Waals surface area contributed by atoms with E-state index in [0.29, 0.717) is 23.5 Å². The maximum Gasteiger partial charge on any atom is 0.336 e. The van der Waals surface area contributed by atoms with E-state index in [1.54, 1.807) is 18.2 Å². The van der Waals surface area contributed by atoms with Crippen LogP contribution in [0.3, 0.4) is 0 Å². The van der Waals surface area contributed by atoms with Crippen molar-refractivity contribution in [2.24, 2.45) is 29.1 Å². The first kappa shape index (κ1) is 18.6. The number of aliphatic hydroxyl groups excluding tert-OH is 1. The van der Waals surface area contributed by atoms with Crippen LogP contribution in [0.5, 0.6) is 0 Å². The van der Waals surface area contributed by atoms with Gasteiger partial charge in [-0.05, 0) is 24.5 Å². The molecule has 7 nitrogen and oxygen atoms in total. The average Bonchev–Trinajstić information content (AvgIpc) is 3.20. The van der Waals surface area contributed by atoms with E-state index in [4.69, 9.17) is 14.2 Å². The average molecular weight is 420 g/mol. The Morgan fingerprint density at radius 1 is 1.06 bits per heavy atom. The van der Waals surface area contributed by atoms with Crippen LogP contribution in [0.4, 0.5) is 0 Å². The Labute approximate surface area is 178 Å². The molecule has 0 aromatic heterocycles. The molecular weight excluding hydrogens is 400 g/mol. The zero-order valence-electron chi connectivity index (χ0n) is 16.7. The first-order valence-electron chi connectivity index (χ1n) is 10.4. The number of fused-ring (bicyclic) bond motifs is 3. The van der Waals surface area contributed by atoms with Crippen LogP contribution in [-0.4, -0.2) is 29.3 Å². The summed E-state index contributed by atoms with van der Waals surface area (Å²) in [6.07, 6.45) is 13.3. The summed E-state index contributed by atoms with van der Waals surface area (Å²) in [6.45, 7) is 2.08. The Morgan fingerprint density at radius 3 is 2.58 bits per heavy atom. The van der Waals surface area contributed by atoms with Crippen molar-refractivity contribution in [3.63, 3.8) is 0 Å². The van der Waals surface area contributed by atoms with Crippen LogP contribution in [0, 0.1) is 29.1 Å². The lowest BCUT2D eigenvalue weighted by Crippen LogP contribution is -2.40. The second-order valence-electron chi connectivity index (χ2n) is 8.91. The van der Waals surface area contributed by atoms with Gasteiger partial charge in [-0.3, -0.25) is 9.59 Å². The highest BCUT2D eigenvalue weighted by Crippen LogP contribution is 2.58. The highest BCUT2D eigenvalue weighted by molar-refractivity contribution is 5.99. The third-order valence-corrected chi connectivity index (χ3v) is 7.36. The van der Waals surface area contributed by atoms with E-state index in [-0.39, 0.29) is 5.92 Å². The van der Waals surface area contributed by atoms with Crippen LogP contribution in [0.1, 0.15) is 19.8 Å². The van der Waals surface area contributed by atoms with Crippen LogP contribution in [0.25, 0.3) is 0 Å². The van der Waals surface area contributed by atoms with Crippen LogP contribution >= 0.6 is 0 Å². The predicted molar refractivity (Wildman–Crippen MR) is 105 cm³/mol. The van der Waals surface area contributed by atoms with E-state index in [0.717, 1.165) is 17.6 Å². The summed E-state index contributed by atoms with van der Waals surface area (Å²) < 4.78 is 16.2. The fraction of sp³-hybridized carbons (Fsp3) is 0.375. The molecule has 0 aromatic rings. The molecule has 6 aliphatic rings. The Bertz CT molecular complexity index is 1130. The molecule has 6 rings (SSSR count). The third kappa shape index (κ3) is 2.41. The smallest absolute Gasteiger partial charge is 0.336 e.